The van der Waals surface area contributed by atoms with Crippen molar-refractivity contribution < 1.29 is 0 Å². The molecule has 1 aliphatic rings. The monoisotopic (exact) mass is 304 g/mol. The minimum absolute atomic E-state index is 0.912. The van der Waals surface area contributed by atoms with Crippen molar-refractivity contribution in [2.24, 2.45) is 5.92 Å². The Morgan fingerprint density at radius 2 is 2.33 bits per heavy atom. The Hall–Kier alpha value is 0.530. The Morgan fingerprint density at radius 1 is 1.47 bits per heavy atom. The molecule has 0 nitrogen and oxygen atoms in total. The van der Waals surface area contributed by atoms with Crippen LogP contribution < -0.4 is 0 Å². The standard InChI is InChI=1S/C12H17BrS2/c1-9-3-2-4-10(7-9)14-8-11-5-6-12(13)15-11/h5-6,9-10H,2-4,7-8H2,1H3. The van der Waals surface area contributed by atoms with Crippen molar-refractivity contribution in [1.82, 2.24) is 0 Å². The van der Waals surface area contributed by atoms with Gasteiger partial charge >= 0.3 is 0 Å². The number of thioether (sulfide) groups is 1. The second-order valence-electron chi connectivity index (χ2n) is 4.41. The highest BCUT2D eigenvalue weighted by atomic mass is 79.9. The van der Waals surface area contributed by atoms with Crippen molar-refractivity contribution in [3.63, 3.8) is 0 Å². The van der Waals surface area contributed by atoms with E-state index >= 15 is 0 Å². The van der Waals surface area contributed by atoms with Crippen LogP contribution in [0.5, 0.6) is 0 Å². The highest BCUT2D eigenvalue weighted by Gasteiger charge is 2.19. The second-order valence-corrected chi connectivity index (χ2v) is 8.25. The zero-order valence-corrected chi connectivity index (χ0v) is 12.3. The smallest absolute Gasteiger partial charge is 0.0701 e. The van der Waals surface area contributed by atoms with Crippen molar-refractivity contribution in [3.8, 4) is 0 Å². The third kappa shape index (κ3) is 3.79. The van der Waals surface area contributed by atoms with Gasteiger partial charge in [0.25, 0.3) is 0 Å². The van der Waals surface area contributed by atoms with E-state index in [9.17, 15) is 0 Å². The van der Waals surface area contributed by atoms with Gasteiger partial charge in [-0.15, -0.1) is 11.3 Å². The van der Waals surface area contributed by atoms with E-state index in [4.69, 9.17) is 0 Å². The first kappa shape index (κ1) is 12.0. The van der Waals surface area contributed by atoms with Crippen LogP contribution in [0.2, 0.25) is 0 Å². The minimum Gasteiger partial charge on any atom is -0.153 e. The van der Waals surface area contributed by atoms with Gasteiger partial charge in [-0.1, -0.05) is 19.8 Å². The summed E-state index contributed by atoms with van der Waals surface area (Å²) in [6.45, 7) is 2.40. The average molecular weight is 305 g/mol. The van der Waals surface area contributed by atoms with Crippen LogP contribution in [-0.4, -0.2) is 5.25 Å². The summed E-state index contributed by atoms with van der Waals surface area (Å²) >= 11 is 7.55. The summed E-state index contributed by atoms with van der Waals surface area (Å²) in [4.78, 5) is 1.50. The van der Waals surface area contributed by atoms with E-state index in [1.165, 1.54) is 40.1 Å². The van der Waals surface area contributed by atoms with Gasteiger partial charge in [0.1, 0.15) is 0 Å². The Morgan fingerprint density at radius 3 is 3.00 bits per heavy atom. The molecule has 2 atom stereocenters. The van der Waals surface area contributed by atoms with Gasteiger partial charge in [0, 0.05) is 15.9 Å². The van der Waals surface area contributed by atoms with Crippen molar-refractivity contribution in [3.05, 3.63) is 20.8 Å². The highest BCUT2D eigenvalue weighted by Crippen LogP contribution is 2.35. The van der Waals surface area contributed by atoms with E-state index in [1.807, 2.05) is 11.3 Å². The lowest BCUT2D eigenvalue weighted by molar-refractivity contribution is 0.394. The van der Waals surface area contributed by atoms with Gasteiger partial charge in [0.15, 0.2) is 0 Å². The van der Waals surface area contributed by atoms with Crippen molar-refractivity contribution in [1.29, 1.82) is 0 Å². The van der Waals surface area contributed by atoms with E-state index in [-0.39, 0.29) is 0 Å². The Bertz CT molecular complexity index is 308. The molecule has 0 spiro atoms. The van der Waals surface area contributed by atoms with E-state index in [0.717, 1.165) is 11.2 Å². The van der Waals surface area contributed by atoms with Crippen molar-refractivity contribution in [2.75, 3.05) is 0 Å². The second kappa shape index (κ2) is 5.74. The van der Waals surface area contributed by atoms with Crippen LogP contribution in [0, 0.1) is 5.92 Å². The molecule has 0 N–H and O–H groups in total. The summed E-state index contributed by atoms with van der Waals surface area (Å²) in [5.41, 5.74) is 0. The van der Waals surface area contributed by atoms with Gasteiger partial charge in [-0.05, 0) is 46.8 Å². The summed E-state index contributed by atoms with van der Waals surface area (Å²) in [5, 5.41) is 0.912. The predicted octanol–water partition coefficient (Wildman–Crippen LogP) is 5.32. The number of halogens is 1. The van der Waals surface area contributed by atoms with Crippen molar-refractivity contribution >= 4 is 39.0 Å². The first-order valence-electron chi connectivity index (χ1n) is 5.60. The summed E-state index contributed by atoms with van der Waals surface area (Å²) < 4.78 is 1.26. The molecule has 3 heteroatoms. The molecule has 1 heterocycles. The molecule has 1 aromatic heterocycles. The molecule has 1 saturated carbocycles. The minimum atomic E-state index is 0.912. The van der Waals surface area contributed by atoms with Crippen LogP contribution in [0.4, 0.5) is 0 Å². The number of hydrogen-bond acceptors (Lipinski definition) is 2. The Kier molecular flexibility index (Phi) is 4.59. The van der Waals surface area contributed by atoms with Crippen LogP contribution in [0.1, 0.15) is 37.5 Å². The maximum absolute atomic E-state index is 3.52. The number of thiophene rings is 1. The van der Waals surface area contributed by atoms with E-state index in [1.54, 1.807) is 0 Å². The molecule has 84 valence electrons. The summed E-state index contributed by atoms with van der Waals surface area (Å²) in [6, 6.07) is 4.40. The molecule has 0 saturated heterocycles. The molecule has 0 aromatic carbocycles. The third-order valence-electron chi connectivity index (χ3n) is 2.98. The molecule has 1 fully saturated rings. The van der Waals surface area contributed by atoms with Crippen LogP contribution in [0.15, 0.2) is 15.9 Å². The van der Waals surface area contributed by atoms with E-state index < -0.39 is 0 Å². The first-order chi connectivity index (χ1) is 7.24. The summed E-state index contributed by atoms with van der Waals surface area (Å²) in [5.74, 6) is 2.15. The topological polar surface area (TPSA) is 0 Å². The highest BCUT2D eigenvalue weighted by molar-refractivity contribution is 9.11. The molecule has 15 heavy (non-hydrogen) atoms. The van der Waals surface area contributed by atoms with E-state index in [0.29, 0.717) is 0 Å². The van der Waals surface area contributed by atoms with Crippen LogP contribution in [0.3, 0.4) is 0 Å². The van der Waals surface area contributed by atoms with Gasteiger partial charge in [0.05, 0.1) is 3.79 Å². The normalized spacial score (nSPS) is 26.8. The lowest BCUT2D eigenvalue weighted by atomic mass is 9.91. The quantitative estimate of drug-likeness (QED) is 0.728. The molecule has 0 amide bonds. The molecule has 1 aromatic rings. The fourth-order valence-electron chi connectivity index (χ4n) is 2.16. The lowest BCUT2D eigenvalue weighted by Crippen LogP contribution is -2.15. The van der Waals surface area contributed by atoms with Crippen LogP contribution >= 0.6 is 39.0 Å². The maximum Gasteiger partial charge on any atom is 0.0701 e. The Balaban J connectivity index is 1.77. The Labute approximate surface area is 109 Å². The van der Waals surface area contributed by atoms with Gasteiger partial charge < -0.3 is 0 Å². The van der Waals surface area contributed by atoms with E-state index in [2.05, 4.69) is 46.7 Å². The maximum atomic E-state index is 3.52. The van der Waals surface area contributed by atoms with Crippen molar-refractivity contribution in [2.45, 2.75) is 43.6 Å². The molecule has 2 rings (SSSR count). The lowest BCUT2D eigenvalue weighted by Gasteiger charge is -2.25. The van der Waals surface area contributed by atoms with Gasteiger partial charge in [0.2, 0.25) is 0 Å². The number of rotatable bonds is 3. The molecular weight excluding hydrogens is 288 g/mol. The van der Waals surface area contributed by atoms with Gasteiger partial charge in [-0.2, -0.15) is 11.8 Å². The molecule has 0 bridgehead atoms. The summed E-state index contributed by atoms with van der Waals surface area (Å²) in [7, 11) is 0. The fourth-order valence-corrected chi connectivity index (χ4v) is 5.17. The van der Waals surface area contributed by atoms with Gasteiger partial charge in [-0.3, -0.25) is 0 Å². The molecule has 1 aliphatic carbocycles. The largest absolute Gasteiger partial charge is 0.153 e. The zero-order valence-electron chi connectivity index (χ0n) is 9.04. The SMILES string of the molecule is CC1CCCC(SCc2ccc(Br)s2)C1. The zero-order chi connectivity index (χ0) is 10.7. The van der Waals surface area contributed by atoms with Crippen LogP contribution in [0.25, 0.3) is 0 Å². The molecule has 2 unspecified atom stereocenters. The van der Waals surface area contributed by atoms with Gasteiger partial charge in [-0.25, -0.2) is 0 Å². The van der Waals surface area contributed by atoms with Crippen LogP contribution in [-0.2, 0) is 5.75 Å². The predicted molar refractivity (Wildman–Crippen MR) is 74.7 cm³/mol. The molecular formula is C12H17BrS2. The third-order valence-corrected chi connectivity index (χ3v) is 6.16. The summed E-state index contributed by atoms with van der Waals surface area (Å²) in [6.07, 6.45) is 5.74. The number of hydrogen-bond donors (Lipinski definition) is 0. The molecule has 0 aliphatic heterocycles. The molecule has 0 radical (unpaired) electrons. The average Bonchev–Trinajstić information content (AvgIpc) is 2.62. The fraction of sp³-hybridized carbons (Fsp3) is 0.667. The first-order valence-corrected chi connectivity index (χ1v) is 8.25.